The highest BCUT2D eigenvalue weighted by Gasteiger charge is 2.29. The Hall–Kier alpha value is -1.15. The molecule has 1 aliphatic carbocycles. The second kappa shape index (κ2) is 5.23. The highest BCUT2D eigenvalue weighted by atomic mass is 16.1. The van der Waals surface area contributed by atoms with Crippen LogP contribution in [0.5, 0.6) is 0 Å². The van der Waals surface area contributed by atoms with Crippen molar-refractivity contribution in [2.24, 2.45) is 0 Å². The summed E-state index contributed by atoms with van der Waals surface area (Å²) < 4.78 is 0. The minimum atomic E-state index is 0.268. The standard InChI is InChI=1S/C16H23NO/c1-5-17(14-6-7-14)10-16(18)15-9-12(3)11(2)8-13(15)4/h8-9,14H,5-7,10H2,1-4H3. The van der Waals surface area contributed by atoms with Gasteiger partial charge in [0, 0.05) is 11.6 Å². The van der Waals surface area contributed by atoms with Crippen LogP contribution in [-0.2, 0) is 0 Å². The van der Waals surface area contributed by atoms with Gasteiger partial charge in [0.15, 0.2) is 5.78 Å². The Morgan fingerprint density at radius 2 is 1.78 bits per heavy atom. The Bertz CT molecular complexity index is 460. The quantitative estimate of drug-likeness (QED) is 0.742. The van der Waals surface area contributed by atoms with Crippen molar-refractivity contribution in [3.8, 4) is 0 Å². The highest BCUT2D eigenvalue weighted by Crippen LogP contribution is 2.27. The van der Waals surface area contributed by atoms with Gasteiger partial charge in [0.1, 0.15) is 0 Å². The van der Waals surface area contributed by atoms with E-state index in [1.807, 2.05) is 13.0 Å². The fraction of sp³-hybridized carbons (Fsp3) is 0.562. The largest absolute Gasteiger partial charge is 0.293 e. The fourth-order valence-electron chi connectivity index (χ4n) is 2.47. The normalized spacial score (nSPS) is 15.2. The van der Waals surface area contributed by atoms with E-state index in [-0.39, 0.29) is 5.78 Å². The van der Waals surface area contributed by atoms with Gasteiger partial charge in [0.05, 0.1) is 6.54 Å². The lowest BCUT2D eigenvalue weighted by atomic mass is 9.98. The highest BCUT2D eigenvalue weighted by molar-refractivity contribution is 5.99. The van der Waals surface area contributed by atoms with E-state index in [4.69, 9.17) is 0 Å². The molecule has 0 radical (unpaired) electrons. The zero-order valence-electron chi connectivity index (χ0n) is 11.9. The molecule has 0 bridgehead atoms. The first-order chi connectivity index (χ1) is 8.52. The molecule has 0 amide bonds. The maximum atomic E-state index is 12.4. The van der Waals surface area contributed by atoms with Crippen molar-refractivity contribution < 1.29 is 4.79 Å². The number of likely N-dealkylation sites (N-methyl/N-ethyl adjacent to an activating group) is 1. The van der Waals surface area contributed by atoms with E-state index in [1.165, 1.54) is 24.0 Å². The Balaban J connectivity index is 2.15. The number of Topliss-reactive ketones (excluding diaryl/α,β-unsaturated/α-hetero) is 1. The number of ketones is 1. The van der Waals surface area contributed by atoms with E-state index in [0.29, 0.717) is 12.6 Å². The number of hydrogen-bond donors (Lipinski definition) is 0. The Morgan fingerprint density at radius 3 is 2.33 bits per heavy atom. The second-order valence-corrected chi connectivity index (χ2v) is 5.47. The molecule has 2 rings (SSSR count). The van der Waals surface area contributed by atoms with Crippen LogP contribution < -0.4 is 0 Å². The summed E-state index contributed by atoms with van der Waals surface area (Å²) in [6, 6.07) is 4.83. The van der Waals surface area contributed by atoms with Crippen molar-refractivity contribution in [3.63, 3.8) is 0 Å². The lowest BCUT2D eigenvalue weighted by Crippen LogP contribution is -2.32. The van der Waals surface area contributed by atoms with Crippen LogP contribution in [0.15, 0.2) is 12.1 Å². The molecular formula is C16H23NO. The van der Waals surface area contributed by atoms with E-state index >= 15 is 0 Å². The van der Waals surface area contributed by atoms with Crippen molar-refractivity contribution in [1.29, 1.82) is 0 Å². The lowest BCUT2D eigenvalue weighted by Gasteiger charge is -2.19. The summed E-state index contributed by atoms with van der Waals surface area (Å²) in [7, 11) is 0. The number of hydrogen-bond acceptors (Lipinski definition) is 2. The molecule has 0 heterocycles. The van der Waals surface area contributed by atoms with Gasteiger partial charge < -0.3 is 0 Å². The number of benzene rings is 1. The summed E-state index contributed by atoms with van der Waals surface area (Å²) in [6.45, 7) is 9.89. The lowest BCUT2D eigenvalue weighted by molar-refractivity contribution is 0.0928. The maximum Gasteiger partial charge on any atom is 0.177 e. The zero-order chi connectivity index (χ0) is 13.3. The molecule has 1 saturated carbocycles. The van der Waals surface area contributed by atoms with Crippen LogP contribution >= 0.6 is 0 Å². The van der Waals surface area contributed by atoms with Crippen LogP contribution in [0, 0.1) is 20.8 Å². The molecule has 0 aliphatic heterocycles. The molecule has 2 nitrogen and oxygen atoms in total. The number of carbonyl (C=O) groups excluding carboxylic acids is 1. The smallest absolute Gasteiger partial charge is 0.177 e. The van der Waals surface area contributed by atoms with Gasteiger partial charge in [0.2, 0.25) is 0 Å². The summed E-state index contributed by atoms with van der Waals surface area (Å²) in [5.74, 6) is 0.268. The van der Waals surface area contributed by atoms with Crippen LogP contribution in [-0.4, -0.2) is 29.8 Å². The molecule has 2 heteroatoms. The molecule has 0 unspecified atom stereocenters. The Morgan fingerprint density at radius 1 is 1.17 bits per heavy atom. The third-order valence-electron chi connectivity index (χ3n) is 3.96. The predicted octanol–water partition coefficient (Wildman–Crippen LogP) is 3.28. The van der Waals surface area contributed by atoms with E-state index < -0.39 is 0 Å². The molecule has 0 N–H and O–H groups in total. The minimum absolute atomic E-state index is 0.268. The minimum Gasteiger partial charge on any atom is -0.293 e. The SMILES string of the molecule is CCN(CC(=O)c1cc(C)c(C)cc1C)C1CC1. The fourth-order valence-corrected chi connectivity index (χ4v) is 2.47. The summed E-state index contributed by atoms with van der Waals surface area (Å²) >= 11 is 0. The second-order valence-electron chi connectivity index (χ2n) is 5.47. The molecule has 18 heavy (non-hydrogen) atoms. The van der Waals surface area contributed by atoms with Gasteiger partial charge in [-0.1, -0.05) is 13.0 Å². The van der Waals surface area contributed by atoms with E-state index in [9.17, 15) is 4.79 Å². The van der Waals surface area contributed by atoms with E-state index in [2.05, 4.69) is 31.7 Å². The summed E-state index contributed by atoms with van der Waals surface area (Å²) in [6.07, 6.45) is 2.51. The van der Waals surface area contributed by atoms with Crippen LogP contribution in [0.2, 0.25) is 0 Å². The Labute approximate surface area is 110 Å². The number of rotatable bonds is 5. The molecule has 1 fully saturated rings. The van der Waals surface area contributed by atoms with Crippen molar-refractivity contribution >= 4 is 5.78 Å². The molecule has 1 aromatic carbocycles. The first-order valence-corrected chi connectivity index (χ1v) is 6.88. The average Bonchev–Trinajstić information content (AvgIpc) is 3.14. The number of aryl methyl sites for hydroxylation is 3. The van der Waals surface area contributed by atoms with Gasteiger partial charge in [-0.2, -0.15) is 0 Å². The van der Waals surface area contributed by atoms with Gasteiger partial charge in [0.25, 0.3) is 0 Å². The third-order valence-corrected chi connectivity index (χ3v) is 3.96. The van der Waals surface area contributed by atoms with Gasteiger partial charge in [-0.15, -0.1) is 0 Å². The first kappa shape index (κ1) is 13.3. The number of carbonyl (C=O) groups is 1. The molecule has 1 aliphatic rings. The monoisotopic (exact) mass is 245 g/mol. The van der Waals surface area contributed by atoms with E-state index in [0.717, 1.165) is 17.7 Å². The molecule has 0 aromatic heterocycles. The first-order valence-electron chi connectivity index (χ1n) is 6.88. The summed E-state index contributed by atoms with van der Waals surface area (Å²) in [4.78, 5) is 14.7. The number of nitrogens with zero attached hydrogens (tertiary/aromatic N) is 1. The van der Waals surface area contributed by atoms with Gasteiger partial charge >= 0.3 is 0 Å². The maximum absolute atomic E-state index is 12.4. The molecule has 1 aromatic rings. The van der Waals surface area contributed by atoms with Crippen LogP contribution in [0.4, 0.5) is 0 Å². The van der Waals surface area contributed by atoms with Gasteiger partial charge in [-0.3, -0.25) is 9.69 Å². The van der Waals surface area contributed by atoms with Crippen molar-refractivity contribution in [1.82, 2.24) is 4.90 Å². The van der Waals surface area contributed by atoms with Crippen LogP contribution in [0.25, 0.3) is 0 Å². The van der Waals surface area contributed by atoms with Crippen LogP contribution in [0.1, 0.15) is 46.8 Å². The molecule has 0 saturated heterocycles. The summed E-state index contributed by atoms with van der Waals surface area (Å²) in [5.41, 5.74) is 4.48. The van der Waals surface area contributed by atoms with Crippen LogP contribution in [0.3, 0.4) is 0 Å². The van der Waals surface area contributed by atoms with Crippen molar-refractivity contribution in [2.45, 2.75) is 46.6 Å². The van der Waals surface area contributed by atoms with Crippen molar-refractivity contribution in [2.75, 3.05) is 13.1 Å². The molecular weight excluding hydrogens is 222 g/mol. The average molecular weight is 245 g/mol. The van der Waals surface area contributed by atoms with Crippen molar-refractivity contribution in [3.05, 3.63) is 34.4 Å². The van der Waals surface area contributed by atoms with Gasteiger partial charge in [-0.05, 0) is 62.9 Å². The molecule has 0 atom stereocenters. The van der Waals surface area contributed by atoms with E-state index in [1.54, 1.807) is 0 Å². The zero-order valence-corrected chi connectivity index (χ0v) is 11.9. The molecule has 98 valence electrons. The van der Waals surface area contributed by atoms with Gasteiger partial charge in [-0.25, -0.2) is 0 Å². The predicted molar refractivity (Wildman–Crippen MR) is 75.3 cm³/mol. The Kier molecular flexibility index (Phi) is 3.86. The third kappa shape index (κ3) is 2.81. The molecule has 0 spiro atoms. The summed E-state index contributed by atoms with van der Waals surface area (Å²) in [5, 5.41) is 0. The topological polar surface area (TPSA) is 20.3 Å².